The molecule has 2 heterocycles. The molecule has 3 nitrogen and oxygen atoms in total. The van der Waals surface area contributed by atoms with Crippen molar-refractivity contribution >= 4 is 0 Å². The van der Waals surface area contributed by atoms with Gasteiger partial charge in [-0.05, 0) is 0 Å². The average Bonchev–Trinajstić information content (AvgIpc) is 2.33. The monoisotopic (exact) mass is 123 g/mol. The van der Waals surface area contributed by atoms with Crippen molar-refractivity contribution < 1.29 is 4.42 Å². The number of nitrogens with zero attached hydrogens (tertiary/aromatic N) is 1. The van der Waals surface area contributed by atoms with E-state index in [0.717, 1.165) is 31.0 Å². The third kappa shape index (κ3) is 0.733. The Morgan fingerprint density at radius 3 is 3.56 bits per heavy atom. The van der Waals surface area contributed by atoms with E-state index in [-0.39, 0.29) is 0 Å². The highest BCUT2D eigenvalue weighted by Gasteiger charge is 2.11. The van der Waals surface area contributed by atoms with E-state index in [0.29, 0.717) is 0 Å². The molecule has 1 N–H and O–H groups in total. The van der Waals surface area contributed by atoms with Gasteiger partial charge in [-0.3, -0.25) is 0 Å². The standard InChI is InChI=1S/C6H7N2O/c1-2-7-3-6-5(1)8-4-9-6/h7H,1-3H2. The molecule has 9 heavy (non-hydrogen) atoms. The molecule has 1 aromatic rings. The number of fused-ring (bicyclic) bond motifs is 1. The van der Waals surface area contributed by atoms with Crippen molar-refractivity contribution in [2.45, 2.75) is 13.0 Å². The van der Waals surface area contributed by atoms with E-state index < -0.39 is 0 Å². The van der Waals surface area contributed by atoms with Crippen LogP contribution in [0.15, 0.2) is 4.42 Å². The van der Waals surface area contributed by atoms with Gasteiger partial charge in [-0.15, -0.1) is 0 Å². The molecule has 0 atom stereocenters. The fourth-order valence-corrected chi connectivity index (χ4v) is 0.996. The molecule has 2 rings (SSSR count). The van der Waals surface area contributed by atoms with Crippen LogP contribution in [-0.4, -0.2) is 11.5 Å². The highest BCUT2D eigenvalue weighted by atomic mass is 16.3. The molecule has 0 fully saturated rings. The third-order valence-electron chi connectivity index (χ3n) is 1.50. The van der Waals surface area contributed by atoms with Gasteiger partial charge in [-0.2, -0.15) is 0 Å². The van der Waals surface area contributed by atoms with E-state index in [1.165, 1.54) is 0 Å². The minimum Gasteiger partial charge on any atom is -0.436 e. The Hall–Kier alpha value is -0.830. The zero-order valence-corrected chi connectivity index (χ0v) is 4.98. The van der Waals surface area contributed by atoms with Crippen molar-refractivity contribution in [3.8, 4) is 0 Å². The predicted molar refractivity (Wildman–Crippen MR) is 30.7 cm³/mol. The van der Waals surface area contributed by atoms with Gasteiger partial charge in [-0.25, -0.2) is 4.98 Å². The zero-order chi connectivity index (χ0) is 6.10. The highest BCUT2D eigenvalue weighted by Crippen LogP contribution is 2.09. The lowest BCUT2D eigenvalue weighted by Gasteiger charge is -2.07. The largest absolute Gasteiger partial charge is 0.436 e. The molecule has 1 aliphatic rings. The normalized spacial score (nSPS) is 17.3. The average molecular weight is 123 g/mol. The van der Waals surface area contributed by atoms with Gasteiger partial charge >= 0.3 is 0 Å². The first-order valence-corrected chi connectivity index (χ1v) is 3.02. The minimum absolute atomic E-state index is 0.811. The number of oxazole rings is 1. The fraction of sp³-hybridized carbons (Fsp3) is 0.500. The smallest absolute Gasteiger partial charge is 0.284 e. The molecule has 1 aromatic heterocycles. The van der Waals surface area contributed by atoms with Gasteiger partial charge in [0.05, 0.1) is 12.2 Å². The molecule has 0 aromatic carbocycles. The van der Waals surface area contributed by atoms with Gasteiger partial charge in [-0.1, -0.05) is 0 Å². The van der Waals surface area contributed by atoms with Crippen molar-refractivity contribution in [1.29, 1.82) is 0 Å². The van der Waals surface area contributed by atoms with Crippen molar-refractivity contribution in [2.75, 3.05) is 6.54 Å². The van der Waals surface area contributed by atoms with E-state index in [2.05, 4.69) is 16.7 Å². The fourth-order valence-electron chi connectivity index (χ4n) is 0.996. The summed E-state index contributed by atoms with van der Waals surface area (Å²) in [5.41, 5.74) is 1.06. The first-order chi connectivity index (χ1) is 4.47. The third-order valence-corrected chi connectivity index (χ3v) is 1.50. The van der Waals surface area contributed by atoms with Crippen LogP contribution in [0.1, 0.15) is 11.5 Å². The van der Waals surface area contributed by atoms with Crippen LogP contribution in [0.4, 0.5) is 0 Å². The summed E-state index contributed by atoms with van der Waals surface area (Å²) in [5, 5.41) is 3.17. The Kier molecular flexibility index (Phi) is 1.02. The molecular weight excluding hydrogens is 116 g/mol. The van der Waals surface area contributed by atoms with E-state index in [4.69, 9.17) is 4.42 Å². The van der Waals surface area contributed by atoms with Crippen LogP contribution in [-0.2, 0) is 13.0 Å². The van der Waals surface area contributed by atoms with E-state index >= 15 is 0 Å². The second-order valence-electron chi connectivity index (χ2n) is 2.10. The van der Waals surface area contributed by atoms with Gasteiger partial charge in [0.15, 0.2) is 0 Å². The molecule has 0 spiro atoms. The summed E-state index contributed by atoms with van der Waals surface area (Å²) in [6.07, 6.45) is 3.45. The Labute approximate surface area is 53.1 Å². The van der Waals surface area contributed by atoms with Gasteiger partial charge in [0.2, 0.25) is 0 Å². The summed E-state index contributed by atoms with van der Waals surface area (Å²) >= 11 is 0. The second-order valence-corrected chi connectivity index (χ2v) is 2.10. The van der Waals surface area contributed by atoms with Crippen molar-refractivity contribution in [2.24, 2.45) is 0 Å². The first kappa shape index (κ1) is 4.99. The Morgan fingerprint density at radius 1 is 1.67 bits per heavy atom. The van der Waals surface area contributed by atoms with Gasteiger partial charge < -0.3 is 9.73 Å². The molecule has 0 unspecified atom stereocenters. The lowest BCUT2D eigenvalue weighted by molar-refractivity contribution is 0.457. The zero-order valence-electron chi connectivity index (χ0n) is 4.98. The lowest BCUT2D eigenvalue weighted by Crippen LogP contribution is -2.22. The molecule has 47 valence electrons. The highest BCUT2D eigenvalue weighted by molar-refractivity contribution is 5.09. The minimum atomic E-state index is 0.811. The predicted octanol–water partition coefficient (Wildman–Crippen LogP) is 0.120. The summed E-state index contributed by atoms with van der Waals surface area (Å²) < 4.78 is 4.96. The summed E-state index contributed by atoms with van der Waals surface area (Å²) in [4.78, 5) is 3.93. The first-order valence-electron chi connectivity index (χ1n) is 3.02. The SMILES string of the molecule is [c]1nc2c(o1)CNCC2. The van der Waals surface area contributed by atoms with Crippen LogP contribution in [0.3, 0.4) is 0 Å². The van der Waals surface area contributed by atoms with Crippen molar-refractivity contribution in [3.63, 3.8) is 0 Å². The number of aromatic nitrogens is 1. The maximum absolute atomic E-state index is 4.96. The molecule has 0 aliphatic carbocycles. The summed E-state index contributed by atoms with van der Waals surface area (Å²) in [7, 11) is 0. The summed E-state index contributed by atoms with van der Waals surface area (Å²) in [6.45, 7) is 1.82. The quantitative estimate of drug-likeness (QED) is 0.532. The van der Waals surface area contributed by atoms with Crippen LogP contribution < -0.4 is 5.32 Å². The van der Waals surface area contributed by atoms with Crippen molar-refractivity contribution in [1.82, 2.24) is 10.3 Å². The number of hydrogen-bond acceptors (Lipinski definition) is 3. The van der Waals surface area contributed by atoms with Crippen LogP contribution in [0, 0.1) is 6.39 Å². The second kappa shape index (κ2) is 1.84. The van der Waals surface area contributed by atoms with Crippen LogP contribution in [0.25, 0.3) is 0 Å². The molecule has 0 saturated carbocycles. The number of hydrogen-bond donors (Lipinski definition) is 1. The molecule has 0 amide bonds. The molecular formula is C6H7N2O. The molecule has 0 saturated heterocycles. The summed E-state index contributed by atoms with van der Waals surface area (Å²) in [6, 6.07) is 0. The van der Waals surface area contributed by atoms with Crippen LogP contribution >= 0.6 is 0 Å². The van der Waals surface area contributed by atoms with Crippen LogP contribution in [0.5, 0.6) is 0 Å². The summed E-state index contributed by atoms with van der Waals surface area (Å²) in [5.74, 6) is 0.946. The number of nitrogens with one attached hydrogen (secondary N) is 1. The molecule has 3 heteroatoms. The van der Waals surface area contributed by atoms with E-state index in [9.17, 15) is 0 Å². The topological polar surface area (TPSA) is 38.1 Å². The maximum atomic E-state index is 4.96. The Morgan fingerprint density at radius 2 is 2.67 bits per heavy atom. The van der Waals surface area contributed by atoms with E-state index in [1.54, 1.807) is 0 Å². The Bertz CT molecular complexity index is 186. The molecule has 1 aliphatic heterocycles. The molecule has 1 radical (unpaired) electrons. The van der Waals surface area contributed by atoms with Gasteiger partial charge in [0, 0.05) is 13.0 Å². The van der Waals surface area contributed by atoms with Crippen molar-refractivity contribution in [3.05, 3.63) is 17.8 Å². The Balaban J connectivity index is 2.39. The van der Waals surface area contributed by atoms with Gasteiger partial charge in [0.25, 0.3) is 6.39 Å². The number of rotatable bonds is 0. The molecule has 0 bridgehead atoms. The van der Waals surface area contributed by atoms with E-state index in [1.807, 2.05) is 0 Å². The maximum Gasteiger partial charge on any atom is 0.284 e. The van der Waals surface area contributed by atoms with Crippen LogP contribution in [0.2, 0.25) is 0 Å². The van der Waals surface area contributed by atoms with Gasteiger partial charge in [0.1, 0.15) is 5.76 Å². The lowest BCUT2D eigenvalue weighted by atomic mass is 10.2.